The number of carbonyl (C=O) groups excluding carboxylic acids is 1. The smallest absolute Gasteiger partial charge is 0.226 e. The Hall–Kier alpha value is -1.70. The van der Waals surface area contributed by atoms with Crippen molar-refractivity contribution in [3.63, 3.8) is 0 Å². The Kier molecular flexibility index (Phi) is 4.56. The van der Waals surface area contributed by atoms with Gasteiger partial charge in [0.25, 0.3) is 0 Å². The normalized spacial score (nSPS) is 12.9. The van der Waals surface area contributed by atoms with Crippen LogP contribution in [0.2, 0.25) is 0 Å². The van der Waals surface area contributed by atoms with Crippen LogP contribution in [-0.2, 0) is 11.2 Å². The lowest BCUT2D eigenvalue weighted by Crippen LogP contribution is -2.35. The van der Waals surface area contributed by atoms with Crippen LogP contribution in [0.5, 0.6) is 0 Å². The van der Waals surface area contributed by atoms with Crippen molar-refractivity contribution in [2.45, 2.75) is 12.5 Å². The van der Waals surface area contributed by atoms with Crippen molar-refractivity contribution < 1.29 is 4.79 Å². The summed E-state index contributed by atoms with van der Waals surface area (Å²) in [5.74, 6) is 0.00725. The molecule has 3 heterocycles. The molecule has 0 unspecified atom stereocenters. The molecule has 1 amide bonds. The van der Waals surface area contributed by atoms with Crippen molar-refractivity contribution in [2.24, 2.45) is 0 Å². The molecule has 0 saturated carbocycles. The minimum Gasteiger partial charge on any atom is -0.354 e. The third-order valence-electron chi connectivity index (χ3n) is 3.53. The summed E-state index contributed by atoms with van der Waals surface area (Å²) in [5, 5.41) is 9.18. The van der Waals surface area contributed by atoms with Crippen LogP contribution in [0.1, 0.15) is 17.3 Å². The zero-order valence-corrected chi connectivity index (χ0v) is 14.2. The number of imidazole rings is 1. The number of nitrogens with one attached hydrogen (secondary N) is 1. The van der Waals surface area contributed by atoms with Crippen molar-refractivity contribution >= 4 is 33.5 Å². The minimum atomic E-state index is 0.00725. The lowest BCUT2D eigenvalue weighted by atomic mass is 10.1. The first-order valence-corrected chi connectivity index (χ1v) is 8.82. The molecule has 3 aromatic rings. The second-order valence-electron chi connectivity index (χ2n) is 5.34. The van der Waals surface area contributed by atoms with Gasteiger partial charge in [-0.05, 0) is 36.5 Å². The zero-order valence-electron chi connectivity index (χ0n) is 12.5. The van der Waals surface area contributed by atoms with Gasteiger partial charge >= 0.3 is 0 Å². The van der Waals surface area contributed by atoms with Gasteiger partial charge in [0.15, 0.2) is 4.96 Å². The number of fused-ring (bicyclic) bond motifs is 1. The molecule has 0 aliphatic rings. The maximum atomic E-state index is 12.1. The molecule has 3 aromatic heterocycles. The molecular weight excluding hydrogens is 316 g/mol. The Morgan fingerprint density at radius 3 is 3.00 bits per heavy atom. The summed E-state index contributed by atoms with van der Waals surface area (Å²) >= 11 is 3.24. The number of thiazole rings is 1. The van der Waals surface area contributed by atoms with E-state index in [1.165, 1.54) is 5.56 Å². The standard InChI is InChI=1S/C15H18N4OS2/c1-18(2)13(11-3-5-21-10-11)8-16-14(20)7-12-9-19-4-6-22-15(19)17-12/h3-6,9-10,13H,7-8H2,1-2H3,(H,16,20)/t13-/m1/s1. The number of rotatable bonds is 6. The highest BCUT2D eigenvalue weighted by atomic mass is 32.1. The second-order valence-corrected chi connectivity index (χ2v) is 7.00. The zero-order chi connectivity index (χ0) is 15.5. The van der Waals surface area contributed by atoms with E-state index in [1.807, 2.05) is 36.3 Å². The molecule has 0 bridgehead atoms. The van der Waals surface area contributed by atoms with E-state index in [0.29, 0.717) is 13.0 Å². The van der Waals surface area contributed by atoms with Crippen LogP contribution >= 0.6 is 22.7 Å². The molecular formula is C15H18N4OS2. The highest BCUT2D eigenvalue weighted by Gasteiger charge is 2.16. The van der Waals surface area contributed by atoms with Crippen molar-refractivity contribution in [2.75, 3.05) is 20.6 Å². The van der Waals surface area contributed by atoms with Gasteiger partial charge in [-0.25, -0.2) is 4.98 Å². The van der Waals surface area contributed by atoms with Gasteiger partial charge < -0.3 is 10.2 Å². The monoisotopic (exact) mass is 334 g/mol. The summed E-state index contributed by atoms with van der Waals surface area (Å²) in [6.07, 6.45) is 4.18. The molecule has 7 heteroatoms. The van der Waals surface area contributed by atoms with Crippen LogP contribution in [0.15, 0.2) is 34.6 Å². The summed E-state index contributed by atoms with van der Waals surface area (Å²) in [5.41, 5.74) is 2.04. The predicted molar refractivity (Wildman–Crippen MR) is 90.5 cm³/mol. The number of carbonyl (C=O) groups is 1. The average molecular weight is 334 g/mol. The first-order chi connectivity index (χ1) is 10.6. The van der Waals surface area contributed by atoms with Crippen LogP contribution in [0.25, 0.3) is 4.96 Å². The Morgan fingerprint density at radius 1 is 1.45 bits per heavy atom. The highest BCUT2D eigenvalue weighted by molar-refractivity contribution is 7.15. The Bertz CT molecular complexity index is 716. The molecule has 0 aromatic carbocycles. The van der Waals surface area contributed by atoms with Gasteiger partial charge in [0, 0.05) is 24.3 Å². The van der Waals surface area contributed by atoms with E-state index in [4.69, 9.17) is 0 Å². The first-order valence-electron chi connectivity index (χ1n) is 7.00. The lowest BCUT2D eigenvalue weighted by molar-refractivity contribution is -0.120. The summed E-state index contributed by atoms with van der Waals surface area (Å²) in [6, 6.07) is 2.30. The predicted octanol–water partition coefficient (Wildman–Crippen LogP) is 2.42. The maximum absolute atomic E-state index is 12.1. The minimum absolute atomic E-state index is 0.00725. The fourth-order valence-corrected chi connectivity index (χ4v) is 3.79. The number of nitrogens with zero attached hydrogens (tertiary/aromatic N) is 3. The van der Waals surface area contributed by atoms with Crippen LogP contribution in [0.4, 0.5) is 0 Å². The molecule has 0 saturated heterocycles. The number of hydrogen-bond acceptors (Lipinski definition) is 5. The van der Waals surface area contributed by atoms with Gasteiger partial charge in [-0.2, -0.15) is 11.3 Å². The lowest BCUT2D eigenvalue weighted by Gasteiger charge is -2.23. The Morgan fingerprint density at radius 2 is 2.32 bits per heavy atom. The summed E-state index contributed by atoms with van der Waals surface area (Å²) in [7, 11) is 4.05. The second kappa shape index (κ2) is 6.60. The third-order valence-corrected chi connectivity index (χ3v) is 5.00. The average Bonchev–Trinajstić information content (AvgIpc) is 3.14. The molecule has 0 fully saturated rings. The molecule has 5 nitrogen and oxygen atoms in total. The number of amides is 1. The quantitative estimate of drug-likeness (QED) is 0.753. The summed E-state index contributed by atoms with van der Waals surface area (Å²) in [4.78, 5) is 19.6. The van der Waals surface area contributed by atoms with Crippen LogP contribution in [0.3, 0.4) is 0 Å². The summed E-state index contributed by atoms with van der Waals surface area (Å²) < 4.78 is 1.95. The van der Waals surface area contributed by atoms with Crippen molar-refractivity contribution in [1.29, 1.82) is 0 Å². The molecule has 0 aliphatic heterocycles. The molecule has 116 valence electrons. The van der Waals surface area contributed by atoms with E-state index < -0.39 is 0 Å². The van der Waals surface area contributed by atoms with Gasteiger partial charge in [0.2, 0.25) is 5.91 Å². The molecule has 22 heavy (non-hydrogen) atoms. The SMILES string of the molecule is CN(C)[C@H](CNC(=O)Cc1cn2ccsc2n1)c1ccsc1. The molecule has 3 rings (SSSR count). The molecule has 0 radical (unpaired) electrons. The number of thiophene rings is 1. The molecule has 0 aliphatic carbocycles. The van der Waals surface area contributed by atoms with Gasteiger partial charge in [-0.15, -0.1) is 11.3 Å². The fraction of sp³-hybridized carbons (Fsp3) is 0.333. The topological polar surface area (TPSA) is 49.6 Å². The van der Waals surface area contributed by atoms with Gasteiger partial charge in [-0.1, -0.05) is 0 Å². The fourth-order valence-electron chi connectivity index (χ4n) is 2.36. The third kappa shape index (κ3) is 3.37. The van der Waals surface area contributed by atoms with Crippen LogP contribution < -0.4 is 5.32 Å². The van der Waals surface area contributed by atoms with E-state index in [-0.39, 0.29) is 11.9 Å². The van der Waals surface area contributed by atoms with E-state index in [0.717, 1.165) is 10.7 Å². The van der Waals surface area contributed by atoms with Gasteiger partial charge in [0.1, 0.15) is 0 Å². The van der Waals surface area contributed by atoms with E-state index in [1.54, 1.807) is 22.7 Å². The molecule has 0 spiro atoms. The van der Waals surface area contributed by atoms with E-state index >= 15 is 0 Å². The van der Waals surface area contributed by atoms with Crippen LogP contribution in [0, 0.1) is 0 Å². The number of hydrogen-bond donors (Lipinski definition) is 1. The Labute approximate surface area is 137 Å². The number of aromatic nitrogens is 2. The Balaban J connectivity index is 1.58. The largest absolute Gasteiger partial charge is 0.354 e. The first kappa shape index (κ1) is 15.2. The van der Waals surface area contributed by atoms with Gasteiger partial charge in [-0.3, -0.25) is 9.20 Å². The van der Waals surface area contributed by atoms with Crippen molar-refractivity contribution in [1.82, 2.24) is 19.6 Å². The van der Waals surface area contributed by atoms with E-state index in [2.05, 4.69) is 32.0 Å². The van der Waals surface area contributed by atoms with E-state index in [9.17, 15) is 4.79 Å². The molecule has 1 N–H and O–H groups in total. The molecule has 1 atom stereocenters. The van der Waals surface area contributed by atoms with Crippen molar-refractivity contribution in [3.05, 3.63) is 45.9 Å². The maximum Gasteiger partial charge on any atom is 0.226 e. The number of likely N-dealkylation sites (N-methyl/N-ethyl adjacent to an activating group) is 1. The summed E-state index contributed by atoms with van der Waals surface area (Å²) in [6.45, 7) is 0.602. The van der Waals surface area contributed by atoms with Crippen molar-refractivity contribution in [3.8, 4) is 0 Å². The highest BCUT2D eigenvalue weighted by Crippen LogP contribution is 2.20. The van der Waals surface area contributed by atoms with Gasteiger partial charge in [0.05, 0.1) is 18.2 Å². The van der Waals surface area contributed by atoms with Crippen LogP contribution in [-0.4, -0.2) is 40.8 Å².